The number of carbonyl (C=O) groups is 2. The minimum absolute atomic E-state index is 0.0154. The molecule has 24 heavy (non-hydrogen) atoms. The molecule has 2 amide bonds. The van der Waals surface area contributed by atoms with E-state index in [1.54, 1.807) is 30.3 Å². The molecule has 7 nitrogen and oxygen atoms in total. The second kappa shape index (κ2) is 6.41. The third kappa shape index (κ3) is 3.05. The van der Waals surface area contributed by atoms with Crippen molar-refractivity contribution in [3.63, 3.8) is 0 Å². The number of amides is 2. The number of hydrogen-bond donors (Lipinski definition) is 3. The molecule has 0 atom stereocenters. The Morgan fingerprint density at radius 1 is 1.38 bits per heavy atom. The molecule has 0 aromatic heterocycles. The molecular formula is C17H15N3O4. The minimum atomic E-state index is -0.451. The van der Waals surface area contributed by atoms with Crippen LogP contribution in [-0.4, -0.2) is 30.2 Å². The van der Waals surface area contributed by atoms with E-state index in [4.69, 9.17) is 4.74 Å². The van der Waals surface area contributed by atoms with Gasteiger partial charge in [0.25, 0.3) is 5.91 Å². The number of phenolic OH excluding ortho intramolecular Hbond substituents is 1. The molecule has 0 saturated heterocycles. The number of ether oxygens (including phenoxy) is 1. The Labute approximate surface area is 138 Å². The number of methoxy groups -OCH3 is 1. The molecule has 0 spiro atoms. The van der Waals surface area contributed by atoms with Gasteiger partial charge < -0.3 is 15.2 Å². The molecule has 3 N–H and O–H groups in total. The summed E-state index contributed by atoms with van der Waals surface area (Å²) < 4.78 is 5.07. The predicted octanol–water partition coefficient (Wildman–Crippen LogP) is 1.66. The first-order valence-electron chi connectivity index (χ1n) is 7.20. The van der Waals surface area contributed by atoms with Crippen LogP contribution in [0.2, 0.25) is 0 Å². The second-order valence-electron chi connectivity index (χ2n) is 5.19. The van der Waals surface area contributed by atoms with E-state index < -0.39 is 5.91 Å². The normalized spacial score (nSPS) is 12.8. The Morgan fingerprint density at radius 2 is 2.21 bits per heavy atom. The van der Waals surface area contributed by atoms with Crippen molar-refractivity contribution in [1.29, 1.82) is 0 Å². The van der Waals surface area contributed by atoms with Crippen LogP contribution in [0.25, 0.3) is 0 Å². The average Bonchev–Trinajstić information content (AvgIpc) is 2.96. The number of rotatable bonds is 4. The van der Waals surface area contributed by atoms with Gasteiger partial charge in [-0.1, -0.05) is 12.1 Å². The maximum Gasteiger partial charge on any atom is 0.273 e. The van der Waals surface area contributed by atoms with Gasteiger partial charge in [-0.2, -0.15) is 5.10 Å². The van der Waals surface area contributed by atoms with Gasteiger partial charge in [-0.3, -0.25) is 9.59 Å². The number of aromatic hydroxyl groups is 1. The smallest absolute Gasteiger partial charge is 0.273 e. The fraction of sp³-hybridized carbons (Fsp3) is 0.118. The minimum Gasteiger partial charge on any atom is -0.507 e. The third-order valence-corrected chi connectivity index (χ3v) is 3.62. The highest BCUT2D eigenvalue weighted by molar-refractivity contribution is 6.08. The van der Waals surface area contributed by atoms with Crippen LogP contribution < -0.4 is 15.5 Å². The van der Waals surface area contributed by atoms with Crippen molar-refractivity contribution in [2.45, 2.75) is 6.42 Å². The number of anilines is 1. The molecule has 2 aromatic rings. The summed E-state index contributed by atoms with van der Waals surface area (Å²) in [5.41, 5.74) is 4.42. The SMILES string of the molecule is COc1ccc(O)c(/C=N\NC(=O)c2cccc3c2NC(=O)C3)c1. The van der Waals surface area contributed by atoms with Crippen LogP contribution in [0.3, 0.4) is 0 Å². The average molecular weight is 325 g/mol. The number of benzene rings is 2. The van der Waals surface area contributed by atoms with Crippen LogP contribution in [0.15, 0.2) is 41.5 Å². The van der Waals surface area contributed by atoms with Crippen molar-refractivity contribution >= 4 is 23.7 Å². The monoisotopic (exact) mass is 325 g/mol. The molecule has 1 aliphatic rings. The molecule has 0 unspecified atom stereocenters. The molecule has 7 heteroatoms. The number of hydrogen-bond acceptors (Lipinski definition) is 5. The highest BCUT2D eigenvalue weighted by Gasteiger charge is 2.23. The standard InChI is InChI=1S/C17H15N3O4/c1-24-12-5-6-14(21)11(7-12)9-18-20-17(23)13-4-2-3-10-8-15(22)19-16(10)13/h2-7,9,21H,8H2,1H3,(H,19,22)(H,20,23)/b18-9-. The molecule has 0 saturated carbocycles. The molecule has 122 valence electrons. The molecule has 3 rings (SSSR count). The highest BCUT2D eigenvalue weighted by atomic mass is 16.5. The summed E-state index contributed by atoms with van der Waals surface area (Å²) in [6, 6.07) is 9.79. The molecule has 0 bridgehead atoms. The van der Waals surface area contributed by atoms with Crippen LogP contribution in [0.1, 0.15) is 21.5 Å². The summed E-state index contributed by atoms with van der Waals surface area (Å²) in [5.74, 6) is -0.0198. The number of nitrogens with one attached hydrogen (secondary N) is 2. The van der Waals surface area contributed by atoms with Crippen molar-refractivity contribution in [3.05, 3.63) is 53.1 Å². The molecule has 1 aliphatic heterocycles. The number of para-hydroxylation sites is 1. The third-order valence-electron chi connectivity index (χ3n) is 3.62. The van der Waals surface area contributed by atoms with Gasteiger partial charge in [-0.05, 0) is 29.8 Å². The zero-order chi connectivity index (χ0) is 17.1. The molecule has 0 radical (unpaired) electrons. The van der Waals surface area contributed by atoms with Crippen LogP contribution in [0, 0.1) is 0 Å². The van der Waals surface area contributed by atoms with Gasteiger partial charge in [-0.15, -0.1) is 0 Å². The van der Waals surface area contributed by atoms with E-state index in [0.29, 0.717) is 22.6 Å². The van der Waals surface area contributed by atoms with Crippen molar-refractivity contribution in [3.8, 4) is 11.5 Å². The van der Waals surface area contributed by atoms with Gasteiger partial charge in [0.2, 0.25) is 5.91 Å². The van der Waals surface area contributed by atoms with Crippen molar-refractivity contribution in [2.24, 2.45) is 5.10 Å². The Hall–Kier alpha value is -3.35. The van der Waals surface area contributed by atoms with E-state index in [0.717, 1.165) is 5.56 Å². The second-order valence-corrected chi connectivity index (χ2v) is 5.19. The zero-order valence-electron chi connectivity index (χ0n) is 12.9. The van der Waals surface area contributed by atoms with Gasteiger partial charge in [0, 0.05) is 5.56 Å². The van der Waals surface area contributed by atoms with Crippen LogP contribution in [0.5, 0.6) is 11.5 Å². The molecule has 1 heterocycles. The van der Waals surface area contributed by atoms with E-state index in [1.165, 1.54) is 19.4 Å². The number of carbonyl (C=O) groups excluding carboxylic acids is 2. The fourth-order valence-corrected chi connectivity index (χ4v) is 2.42. The first kappa shape index (κ1) is 15.5. The molecule has 2 aromatic carbocycles. The Kier molecular flexibility index (Phi) is 4.15. The number of hydrazone groups is 1. The molecular weight excluding hydrogens is 310 g/mol. The van der Waals surface area contributed by atoms with Gasteiger partial charge in [-0.25, -0.2) is 5.43 Å². The number of fused-ring (bicyclic) bond motifs is 1. The van der Waals surface area contributed by atoms with Crippen LogP contribution in [-0.2, 0) is 11.2 Å². The zero-order valence-corrected chi connectivity index (χ0v) is 12.9. The van der Waals surface area contributed by atoms with Crippen molar-refractivity contribution < 1.29 is 19.4 Å². The maximum atomic E-state index is 12.2. The van der Waals surface area contributed by atoms with E-state index in [-0.39, 0.29) is 18.1 Å². The van der Waals surface area contributed by atoms with E-state index in [9.17, 15) is 14.7 Å². The van der Waals surface area contributed by atoms with E-state index in [2.05, 4.69) is 15.8 Å². The summed E-state index contributed by atoms with van der Waals surface area (Å²) in [5, 5.41) is 16.3. The lowest BCUT2D eigenvalue weighted by Crippen LogP contribution is -2.19. The summed E-state index contributed by atoms with van der Waals surface area (Å²) in [4.78, 5) is 23.7. The highest BCUT2D eigenvalue weighted by Crippen LogP contribution is 2.27. The topological polar surface area (TPSA) is 100 Å². The lowest BCUT2D eigenvalue weighted by atomic mass is 10.1. The quantitative estimate of drug-likeness (QED) is 0.588. The summed E-state index contributed by atoms with van der Waals surface area (Å²) in [6.07, 6.45) is 1.58. The Balaban J connectivity index is 1.75. The lowest BCUT2D eigenvalue weighted by molar-refractivity contribution is -0.115. The van der Waals surface area contributed by atoms with E-state index >= 15 is 0 Å². The summed E-state index contributed by atoms with van der Waals surface area (Å²) in [6.45, 7) is 0. The lowest BCUT2D eigenvalue weighted by Gasteiger charge is -2.06. The summed E-state index contributed by atoms with van der Waals surface area (Å²) >= 11 is 0. The van der Waals surface area contributed by atoms with Crippen molar-refractivity contribution in [2.75, 3.05) is 12.4 Å². The molecule has 0 fully saturated rings. The van der Waals surface area contributed by atoms with Gasteiger partial charge >= 0.3 is 0 Å². The maximum absolute atomic E-state index is 12.2. The predicted molar refractivity (Wildman–Crippen MR) is 88.5 cm³/mol. The first-order valence-corrected chi connectivity index (χ1v) is 7.20. The molecule has 0 aliphatic carbocycles. The van der Waals surface area contributed by atoms with Gasteiger partial charge in [0.1, 0.15) is 11.5 Å². The Bertz CT molecular complexity index is 846. The number of nitrogens with zero attached hydrogens (tertiary/aromatic N) is 1. The number of phenols is 1. The fourth-order valence-electron chi connectivity index (χ4n) is 2.42. The van der Waals surface area contributed by atoms with E-state index in [1.807, 2.05) is 0 Å². The van der Waals surface area contributed by atoms with Gasteiger partial charge in [0.05, 0.1) is 31.0 Å². The Morgan fingerprint density at radius 3 is 3.00 bits per heavy atom. The van der Waals surface area contributed by atoms with Crippen molar-refractivity contribution in [1.82, 2.24) is 5.43 Å². The largest absolute Gasteiger partial charge is 0.507 e. The van der Waals surface area contributed by atoms with Gasteiger partial charge in [0.15, 0.2) is 0 Å². The first-order chi connectivity index (χ1) is 11.6. The van der Waals surface area contributed by atoms with Crippen LogP contribution >= 0.6 is 0 Å². The van der Waals surface area contributed by atoms with Crippen LogP contribution in [0.4, 0.5) is 5.69 Å². The summed E-state index contributed by atoms with van der Waals surface area (Å²) in [7, 11) is 1.51.